The van der Waals surface area contributed by atoms with Gasteiger partial charge in [-0.15, -0.1) is 0 Å². The Hall–Kier alpha value is -1.55. The normalized spacial score (nSPS) is 18.7. The molecule has 110 valence electrons. The van der Waals surface area contributed by atoms with E-state index in [4.69, 9.17) is 9.84 Å². The summed E-state index contributed by atoms with van der Waals surface area (Å²) in [6, 6.07) is 8.47. The van der Waals surface area contributed by atoms with Gasteiger partial charge in [-0.25, -0.2) is 0 Å². The predicted molar refractivity (Wildman–Crippen MR) is 78.0 cm³/mol. The quantitative estimate of drug-likeness (QED) is 0.899. The van der Waals surface area contributed by atoms with Crippen LogP contribution in [0.1, 0.15) is 38.3 Å². The molecule has 0 amide bonds. The highest BCUT2D eigenvalue weighted by molar-refractivity contribution is 5.70. The van der Waals surface area contributed by atoms with Crippen molar-refractivity contribution in [2.24, 2.45) is 5.92 Å². The molecule has 1 fully saturated rings. The minimum absolute atomic E-state index is 0.173. The van der Waals surface area contributed by atoms with Crippen LogP contribution in [0.5, 0.6) is 5.75 Å². The number of ether oxygens (including phenoxy) is 1. The molecule has 1 N–H and O–H groups in total. The van der Waals surface area contributed by atoms with E-state index in [1.54, 1.807) is 0 Å². The number of nitrogens with zero attached hydrogens (tertiary/aromatic N) is 1. The van der Waals surface area contributed by atoms with Crippen LogP contribution in [0.25, 0.3) is 0 Å². The molecule has 0 saturated carbocycles. The van der Waals surface area contributed by atoms with Gasteiger partial charge in [0.25, 0.3) is 0 Å². The summed E-state index contributed by atoms with van der Waals surface area (Å²) in [6.07, 6.45) is 1.48. The van der Waals surface area contributed by atoms with Gasteiger partial charge in [0.1, 0.15) is 5.75 Å². The Morgan fingerprint density at radius 2 is 2.15 bits per heavy atom. The molecule has 1 aromatic rings. The van der Waals surface area contributed by atoms with Crippen molar-refractivity contribution in [3.63, 3.8) is 0 Å². The second kappa shape index (κ2) is 6.75. The van der Waals surface area contributed by atoms with E-state index >= 15 is 0 Å². The van der Waals surface area contributed by atoms with Gasteiger partial charge in [0, 0.05) is 6.04 Å². The maximum Gasteiger partial charge on any atom is 0.306 e. The Morgan fingerprint density at radius 1 is 1.45 bits per heavy atom. The van der Waals surface area contributed by atoms with Gasteiger partial charge in [-0.2, -0.15) is 0 Å². The molecule has 0 spiro atoms. The predicted octanol–water partition coefficient (Wildman–Crippen LogP) is 2.94. The highest BCUT2D eigenvalue weighted by Gasteiger charge is 2.27. The second-order valence-corrected chi connectivity index (χ2v) is 5.33. The second-order valence-electron chi connectivity index (χ2n) is 5.33. The molecule has 1 atom stereocenters. The van der Waals surface area contributed by atoms with Crippen LogP contribution in [0, 0.1) is 5.92 Å². The lowest BCUT2D eigenvalue weighted by molar-refractivity contribution is -0.143. The third-order valence-corrected chi connectivity index (χ3v) is 4.08. The topological polar surface area (TPSA) is 49.8 Å². The molecule has 4 nitrogen and oxygen atoms in total. The van der Waals surface area contributed by atoms with E-state index in [0.717, 1.165) is 31.7 Å². The molecule has 0 bridgehead atoms. The minimum atomic E-state index is -0.657. The van der Waals surface area contributed by atoms with Crippen LogP contribution in [-0.2, 0) is 4.79 Å². The van der Waals surface area contributed by atoms with Crippen molar-refractivity contribution in [2.45, 2.75) is 32.7 Å². The Balaban J connectivity index is 1.99. The van der Waals surface area contributed by atoms with E-state index in [1.807, 2.05) is 19.1 Å². The van der Waals surface area contributed by atoms with Gasteiger partial charge >= 0.3 is 5.97 Å². The van der Waals surface area contributed by atoms with Gasteiger partial charge in [-0.05, 0) is 57.5 Å². The molecule has 0 aromatic heterocycles. The van der Waals surface area contributed by atoms with E-state index in [2.05, 4.69) is 24.0 Å². The number of aliphatic carboxylic acids is 1. The van der Waals surface area contributed by atoms with E-state index in [-0.39, 0.29) is 5.92 Å². The smallest absolute Gasteiger partial charge is 0.306 e. The lowest BCUT2D eigenvalue weighted by Gasteiger charge is -2.35. The summed E-state index contributed by atoms with van der Waals surface area (Å²) in [6.45, 7) is 6.51. The van der Waals surface area contributed by atoms with E-state index in [9.17, 15) is 4.79 Å². The summed E-state index contributed by atoms with van der Waals surface area (Å²) in [5, 5.41) is 9.04. The lowest BCUT2D eigenvalue weighted by Crippen LogP contribution is -2.37. The van der Waals surface area contributed by atoms with Crippen molar-refractivity contribution in [2.75, 3.05) is 19.7 Å². The van der Waals surface area contributed by atoms with Crippen molar-refractivity contribution in [1.29, 1.82) is 0 Å². The zero-order valence-corrected chi connectivity index (χ0v) is 12.2. The molecule has 1 aromatic carbocycles. The summed E-state index contributed by atoms with van der Waals surface area (Å²) < 4.78 is 5.54. The van der Waals surface area contributed by atoms with Gasteiger partial charge in [-0.3, -0.25) is 9.69 Å². The number of hydrogen-bond donors (Lipinski definition) is 1. The van der Waals surface area contributed by atoms with Gasteiger partial charge in [0.2, 0.25) is 0 Å². The van der Waals surface area contributed by atoms with Crippen LogP contribution < -0.4 is 4.74 Å². The molecule has 20 heavy (non-hydrogen) atoms. The van der Waals surface area contributed by atoms with Crippen LogP contribution in [-0.4, -0.2) is 35.7 Å². The van der Waals surface area contributed by atoms with Gasteiger partial charge in [0.15, 0.2) is 0 Å². The molecule has 4 heteroatoms. The number of carboxylic acids is 1. The summed E-state index contributed by atoms with van der Waals surface area (Å²) >= 11 is 0. The van der Waals surface area contributed by atoms with Crippen molar-refractivity contribution in [1.82, 2.24) is 4.90 Å². The van der Waals surface area contributed by atoms with Crippen molar-refractivity contribution >= 4 is 5.97 Å². The number of carbonyl (C=O) groups is 1. The molecule has 2 rings (SSSR count). The first-order valence-electron chi connectivity index (χ1n) is 7.31. The molecular weight excluding hydrogens is 254 g/mol. The third-order valence-electron chi connectivity index (χ3n) is 4.08. The van der Waals surface area contributed by atoms with E-state index in [1.165, 1.54) is 5.56 Å². The largest absolute Gasteiger partial charge is 0.494 e. The van der Waals surface area contributed by atoms with Crippen LogP contribution in [0.4, 0.5) is 0 Å². The summed E-state index contributed by atoms with van der Waals surface area (Å²) in [4.78, 5) is 13.3. The lowest BCUT2D eigenvalue weighted by atomic mass is 9.95. The van der Waals surface area contributed by atoms with Gasteiger partial charge in [0.05, 0.1) is 12.5 Å². The van der Waals surface area contributed by atoms with Crippen LogP contribution >= 0.6 is 0 Å². The van der Waals surface area contributed by atoms with E-state index < -0.39 is 5.97 Å². The Labute approximate surface area is 120 Å². The molecule has 0 aliphatic carbocycles. The summed E-state index contributed by atoms with van der Waals surface area (Å²) in [5.41, 5.74) is 1.23. The number of likely N-dealkylation sites (tertiary alicyclic amines) is 1. The van der Waals surface area contributed by atoms with Crippen molar-refractivity contribution in [3.8, 4) is 5.75 Å². The van der Waals surface area contributed by atoms with Crippen molar-refractivity contribution < 1.29 is 14.6 Å². The average Bonchev–Trinajstić information content (AvgIpc) is 2.47. The van der Waals surface area contributed by atoms with Gasteiger partial charge < -0.3 is 9.84 Å². The van der Waals surface area contributed by atoms with Crippen LogP contribution in [0.15, 0.2) is 24.3 Å². The number of rotatable bonds is 5. The number of benzene rings is 1. The Bertz CT molecular complexity index is 453. The van der Waals surface area contributed by atoms with Crippen LogP contribution in [0.2, 0.25) is 0 Å². The number of piperidine rings is 1. The fraction of sp³-hybridized carbons (Fsp3) is 0.562. The molecule has 1 aliphatic rings. The molecule has 0 radical (unpaired) electrons. The molecule has 1 heterocycles. The zero-order chi connectivity index (χ0) is 14.5. The molecular formula is C16H23NO3. The summed E-state index contributed by atoms with van der Waals surface area (Å²) in [5.74, 6) is 0.0705. The summed E-state index contributed by atoms with van der Waals surface area (Å²) in [7, 11) is 0. The Kier molecular flexibility index (Phi) is 5.01. The maximum absolute atomic E-state index is 11.0. The van der Waals surface area contributed by atoms with Crippen molar-refractivity contribution in [3.05, 3.63) is 29.8 Å². The first-order valence-corrected chi connectivity index (χ1v) is 7.31. The molecule has 1 aliphatic heterocycles. The monoisotopic (exact) mass is 277 g/mol. The molecule has 1 unspecified atom stereocenters. The first-order chi connectivity index (χ1) is 9.61. The standard InChI is InChI=1S/C16H23NO3/c1-3-20-15-6-4-5-14(11-15)12(2)17-9-7-13(8-10-17)16(18)19/h4-6,11-13H,3,7-10H2,1-2H3,(H,18,19). The molecule has 1 saturated heterocycles. The highest BCUT2D eigenvalue weighted by atomic mass is 16.5. The average molecular weight is 277 g/mol. The first kappa shape index (κ1) is 14.9. The third kappa shape index (κ3) is 3.51. The fourth-order valence-electron chi connectivity index (χ4n) is 2.78. The van der Waals surface area contributed by atoms with E-state index in [0.29, 0.717) is 12.6 Å². The maximum atomic E-state index is 11.0. The zero-order valence-electron chi connectivity index (χ0n) is 12.2. The Morgan fingerprint density at radius 3 is 2.75 bits per heavy atom. The SMILES string of the molecule is CCOc1cccc(C(C)N2CCC(C(=O)O)CC2)c1. The number of carboxylic acid groups (broad SMARTS) is 1. The fourth-order valence-corrected chi connectivity index (χ4v) is 2.78. The number of hydrogen-bond acceptors (Lipinski definition) is 3. The van der Waals surface area contributed by atoms with Gasteiger partial charge in [-0.1, -0.05) is 12.1 Å². The minimum Gasteiger partial charge on any atom is -0.494 e. The van der Waals surface area contributed by atoms with Crippen LogP contribution in [0.3, 0.4) is 0 Å². The highest BCUT2D eigenvalue weighted by Crippen LogP contribution is 2.28.